The summed E-state index contributed by atoms with van der Waals surface area (Å²) in [7, 11) is 0. The van der Waals surface area contributed by atoms with Crippen LogP contribution in [0.5, 0.6) is 0 Å². The van der Waals surface area contributed by atoms with Gasteiger partial charge in [0.15, 0.2) is 0 Å². The fourth-order valence-electron chi connectivity index (χ4n) is 4.61. The molecule has 0 unspecified atom stereocenters. The second kappa shape index (κ2) is 8.59. The van der Waals surface area contributed by atoms with Crippen molar-refractivity contribution >= 4 is 17.1 Å². The number of halogens is 1. The van der Waals surface area contributed by atoms with Gasteiger partial charge in [0.1, 0.15) is 12.2 Å². The molecule has 5 rings (SSSR count). The highest BCUT2D eigenvalue weighted by atomic mass is 19.1. The van der Waals surface area contributed by atoms with Gasteiger partial charge in [0.2, 0.25) is 0 Å². The number of nitrogens with one attached hydrogen (secondary N) is 2. The van der Waals surface area contributed by atoms with Crippen LogP contribution in [0.1, 0.15) is 42.6 Å². The number of alkyl halides is 1. The van der Waals surface area contributed by atoms with Crippen molar-refractivity contribution in [1.29, 1.82) is 5.26 Å². The molecule has 3 aromatic heterocycles. The smallest absolute Gasteiger partial charge is 0.255 e. The molecule has 1 atom stereocenters. The van der Waals surface area contributed by atoms with Gasteiger partial charge in [-0.1, -0.05) is 0 Å². The quantitative estimate of drug-likeness (QED) is 0.477. The molecule has 2 fully saturated rings. The van der Waals surface area contributed by atoms with Crippen LogP contribution in [-0.4, -0.2) is 63.2 Å². The number of rotatable bonds is 7. The molecular weight excluding hydrogens is 451 g/mol. The van der Waals surface area contributed by atoms with Gasteiger partial charge < -0.3 is 20.5 Å². The molecule has 35 heavy (non-hydrogen) atoms. The average molecular weight is 479 g/mol. The highest BCUT2D eigenvalue weighted by molar-refractivity contribution is 6.00. The summed E-state index contributed by atoms with van der Waals surface area (Å²) in [5.74, 6) is -0.476. The zero-order valence-electron chi connectivity index (χ0n) is 19.6. The van der Waals surface area contributed by atoms with Crippen LogP contribution in [0.25, 0.3) is 16.9 Å². The molecule has 4 heterocycles. The molecule has 0 radical (unpaired) electrons. The summed E-state index contributed by atoms with van der Waals surface area (Å²) < 4.78 is 21.3. The van der Waals surface area contributed by atoms with Crippen LogP contribution in [0.4, 0.5) is 10.1 Å². The maximum absolute atomic E-state index is 14.2. The van der Waals surface area contributed by atoms with Crippen LogP contribution in [-0.2, 0) is 4.74 Å². The van der Waals surface area contributed by atoms with Gasteiger partial charge in [-0.15, -0.1) is 0 Å². The SMILES string of the molecule is CC(C)(O)[C@H](F)CNC(=O)c1cnc(-c2ccc3cc(C#N)cnn23)cc1NC1CC2(COC2)C1. The van der Waals surface area contributed by atoms with Gasteiger partial charge >= 0.3 is 0 Å². The highest BCUT2D eigenvalue weighted by Crippen LogP contribution is 2.48. The molecule has 1 spiro atoms. The number of anilines is 1. The minimum atomic E-state index is -1.61. The number of hydrogen-bond donors (Lipinski definition) is 3. The minimum Gasteiger partial charge on any atom is -0.387 e. The van der Waals surface area contributed by atoms with E-state index in [4.69, 9.17) is 10.00 Å². The van der Waals surface area contributed by atoms with Gasteiger partial charge in [0.25, 0.3) is 5.91 Å². The molecule has 1 amide bonds. The molecule has 0 bridgehead atoms. The van der Waals surface area contributed by atoms with Gasteiger partial charge in [-0.2, -0.15) is 10.4 Å². The molecule has 3 N–H and O–H groups in total. The number of fused-ring (bicyclic) bond motifs is 1. The summed E-state index contributed by atoms with van der Waals surface area (Å²) in [6, 6.07) is 9.51. The zero-order valence-corrected chi connectivity index (χ0v) is 19.6. The van der Waals surface area contributed by atoms with Gasteiger partial charge in [0, 0.05) is 17.7 Å². The molecule has 3 aromatic rings. The van der Waals surface area contributed by atoms with Crippen molar-refractivity contribution < 1.29 is 19.0 Å². The molecule has 2 aliphatic rings. The van der Waals surface area contributed by atoms with Gasteiger partial charge in [-0.25, -0.2) is 8.91 Å². The molecule has 0 aromatic carbocycles. The van der Waals surface area contributed by atoms with E-state index in [9.17, 15) is 14.3 Å². The summed E-state index contributed by atoms with van der Waals surface area (Å²) in [4.78, 5) is 17.4. The normalized spacial score (nSPS) is 17.9. The molecule has 1 saturated heterocycles. The number of aliphatic hydroxyl groups is 1. The molecule has 1 aliphatic carbocycles. The lowest BCUT2D eigenvalue weighted by molar-refractivity contribution is -0.159. The highest BCUT2D eigenvalue weighted by Gasteiger charge is 2.49. The molecule has 1 saturated carbocycles. The predicted octanol–water partition coefficient (Wildman–Crippen LogP) is 2.70. The number of ether oxygens (including phenoxy) is 1. The van der Waals surface area contributed by atoms with Crippen LogP contribution < -0.4 is 10.6 Å². The van der Waals surface area contributed by atoms with E-state index in [0.29, 0.717) is 28.2 Å². The maximum Gasteiger partial charge on any atom is 0.255 e. The van der Waals surface area contributed by atoms with E-state index < -0.39 is 17.7 Å². The fraction of sp³-hybridized carbons (Fsp3) is 0.440. The predicted molar refractivity (Wildman–Crippen MR) is 127 cm³/mol. The van der Waals surface area contributed by atoms with Crippen LogP contribution in [0.2, 0.25) is 0 Å². The first kappa shape index (κ1) is 23.2. The van der Waals surface area contributed by atoms with Crippen molar-refractivity contribution in [2.75, 3.05) is 25.1 Å². The first-order chi connectivity index (χ1) is 16.7. The third-order valence-electron chi connectivity index (χ3n) is 6.78. The van der Waals surface area contributed by atoms with Crippen molar-refractivity contribution in [3.05, 3.63) is 47.8 Å². The Balaban J connectivity index is 1.43. The Hall–Kier alpha value is -3.55. The summed E-state index contributed by atoms with van der Waals surface area (Å²) in [6.45, 7) is 3.93. The molecule has 9 nitrogen and oxygen atoms in total. The van der Waals surface area contributed by atoms with Crippen LogP contribution in [0, 0.1) is 16.7 Å². The zero-order chi connectivity index (χ0) is 24.8. The van der Waals surface area contributed by atoms with Gasteiger partial charge in [-0.3, -0.25) is 9.78 Å². The second-order valence-electron chi connectivity index (χ2n) is 10.1. The van der Waals surface area contributed by atoms with Crippen molar-refractivity contribution in [2.24, 2.45) is 5.41 Å². The number of aromatic nitrogens is 3. The van der Waals surface area contributed by atoms with E-state index in [1.807, 2.05) is 12.1 Å². The van der Waals surface area contributed by atoms with Gasteiger partial charge in [0.05, 0.1) is 65.3 Å². The second-order valence-corrected chi connectivity index (χ2v) is 10.1. The minimum absolute atomic E-state index is 0.186. The van der Waals surface area contributed by atoms with E-state index in [2.05, 4.69) is 26.8 Å². The van der Waals surface area contributed by atoms with E-state index in [1.54, 1.807) is 16.6 Å². The number of nitriles is 1. The third-order valence-corrected chi connectivity index (χ3v) is 6.78. The van der Waals surface area contributed by atoms with Crippen LogP contribution in [0.3, 0.4) is 0 Å². The van der Waals surface area contributed by atoms with Crippen LogP contribution >= 0.6 is 0 Å². The first-order valence-corrected chi connectivity index (χ1v) is 11.5. The lowest BCUT2D eigenvalue weighted by Crippen LogP contribution is -2.56. The Morgan fingerprint density at radius 3 is 2.80 bits per heavy atom. The molecule has 10 heteroatoms. The lowest BCUT2D eigenvalue weighted by atomic mass is 9.64. The number of nitrogens with zero attached hydrogens (tertiary/aromatic N) is 4. The summed E-state index contributed by atoms with van der Waals surface area (Å²) in [6.07, 6.45) is 3.24. The number of pyridine rings is 1. The van der Waals surface area contributed by atoms with E-state index >= 15 is 0 Å². The number of hydrogen-bond acceptors (Lipinski definition) is 7. The Morgan fingerprint density at radius 2 is 2.14 bits per heavy atom. The number of carbonyl (C=O) groups is 1. The fourth-order valence-corrected chi connectivity index (χ4v) is 4.61. The third kappa shape index (κ3) is 4.45. The maximum atomic E-state index is 14.2. The Kier molecular flexibility index (Phi) is 5.69. The average Bonchev–Trinajstić information content (AvgIpc) is 3.20. The van der Waals surface area contributed by atoms with E-state index in [1.165, 1.54) is 26.2 Å². The van der Waals surface area contributed by atoms with Crippen molar-refractivity contribution in [3.8, 4) is 17.5 Å². The van der Waals surface area contributed by atoms with Crippen molar-refractivity contribution in [2.45, 2.75) is 44.5 Å². The monoisotopic (exact) mass is 478 g/mol. The Labute approximate surface area is 201 Å². The molecule has 1 aliphatic heterocycles. The molecular formula is C25H27FN6O3. The largest absolute Gasteiger partial charge is 0.387 e. The summed E-state index contributed by atoms with van der Waals surface area (Å²) in [5.41, 5.74) is 2.09. The standard InChI is InChI=1S/C25H27FN6O3/c1-24(2,34)22(26)12-29-23(33)18-11-28-20(6-19(18)31-16-7-25(8-16)13-35-14-25)21-4-3-17-5-15(9-27)10-30-32(17)21/h3-6,10-11,16,22,34H,7-8,12-14H2,1-2H3,(H,28,31)(H,29,33)/t22-/m1/s1. The van der Waals surface area contributed by atoms with E-state index in [0.717, 1.165) is 31.6 Å². The first-order valence-electron chi connectivity index (χ1n) is 11.5. The lowest BCUT2D eigenvalue weighted by Gasteiger charge is -2.53. The van der Waals surface area contributed by atoms with Crippen molar-refractivity contribution in [3.63, 3.8) is 0 Å². The van der Waals surface area contributed by atoms with Crippen LogP contribution in [0.15, 0.2) is 36.7 Å². The molecule has 182 valence electrons. The van der Waals surface area contributed by atoms with E-state index in [-0.39, 0.29) is 18.0 Å². The number of amides is 1. The summed E-state index contributed by atoms with van der Waals surface area (Å²) in [5, 5.41) is 29.3. The topological polar surface area (TPSA) is 125 Å². The van der Waals surface area contributed by atoms with Gasteiger partial charge in [-0.05, 0) is 51.0 Å². The number of carbonyl (C=O) groups excluding carboxylic acids is 1. The van der Waals surface area contributed by atoms with Crippen molar-refractivity contribution in [1.82, 2.24) is 19.9 Å². The Morgan fingerprint density at radius 1 is 1.37 bits per heavy atom. The summed E-state index contributed by atoms with van der Waals surface area (Å²) >= 11 is 0. The Bertz CT molecular complexity index is 1310.